The molecule has 214 valence electrons. The zero-order valence-corrected chi connectivity index (χ0v) is 23.6. The summed E-state index contributed by atoms with van der Waals surface area (Å²) in [5.74, 6) is 0.878. The van der Waals surface area contributed by atoms with Crippen molar-refractivity contribution in [3.8, 4) is 23.0 Å². The van der Waals surface area contributed by atoms with Gasteiger partial charge in [-0.05, 0) is 51.3 Å². The van der Waals surface area contributed by atoms with Crippen molar-refractivity contribution in [2.24, 2.45) is 5.92 Å². The number of hydrogen-bond acceptors (Lipinski definition) is 9. The maximum atomic E-state index is 13.5. The monoisotopic (exact) mass is 553 g/mol. The molecule has 4 bridgehead atoms. The Balaban J connectivity index is 1.66. The van der Waals surface area contributed by atoms with Gasteiger partial charge >= 0.3 is 0 Å². The average molecular weight is 554 g/mol. The minimum atomic E-state index is -0.818. The summed E-state index contributed by atoms with van der Waals surface area (Å²) in [6.07, 6.45) is 0.409. The predicted octanol–water partition coefficient (Wildman–Crippen LogP) is 2.95. The van der Waals surface area contributed by atoms with E-state index in [0.717, 1.165) is 0 Å². The molecule has 1 atom stereocenters. The Morgan fingerprint density at radius 2 is 1.95 bits per heavy atom. The van der Waals surface area contributed by atoms with E-state index in [0.29, 0.717) is 57.8 Å². The van der Waals surface area contributed by atoms with Crippen molar-refractivity contribution in [3.63, 3.8) is 0 Å². The number of benzene rings is 1. The van der Waals surface area contributed by atoms with Crippen LogP contribution in [-0.4, -0.2) is 65.6 Å². The van der Waals surface area contributed by atoms with E-state index < -0.39 is 11.9 Å². The molecule has 2 aromatic heterocycles. The van der Waals surface area contributed by atoms with Crippen LogP contribution < -0.4 is 20.1 Å². The number of nitrogens with one attached hydrogen (secondary N) is 2. The number of nitrogens with zero attached hydrogens (tertiary/aromatic N) is 3. The van der Waals surface area contributed by atoms with Gasteiger partial charge in [-0.1, -0.05) is 19.0 Å². The number of amides is 3. The summed E-state index contributed by atoms with van der Waals surface area (Å²) in [4.78, 5) is 45.7. The number of rotatable bonds is 3. The third-order valence-corrected chi connectivity index (χ3v) is 6.70. The first kappa shape index (κ1) is 28.7. The Labute approximate surface area is 232 Å². The highest BCUT2D eigenvalue weighted by molar-refractivity contribution is 5.98. The van der Waals surface area contributed by atoms with E-state index in [9.17, 15) is 14.4 Å². The molecule has 0 unspecified atom stereocenters. The summed E-state index contributed by atoms with van der Waals surface area (Å²) >= 11 is 0. The third kappa shape index (κ3) is 6.27. The molecular weight excluding hydrogens is 518 g/mol. The molecule has 3 aromatic rings. The summed E-state index contributed by atoms with van der Waals surface area (Å²) in [5, 5.41) is 9.51. The second-order valence-corrected chi connectivity index (χ2v) is 10.0. The highest BCUT2D eigenvalue weighted by atomic mass is 16.5. The molecule has 12 nitrogen and oxygen atoms in total. The molecule has 1 aliphatic rings. The topological polar surface area (TPSA) is 149 Å². The number of carbonyl (C=O) groups excluding carboxylic acids is 3. The SMILES string of the molecule is COc1ccc2cc1OCCCN(C(=O)c1c(C)noc1C)CC(=O)N[C@@H](C(C)C)C(=O)NCc1nc-2oc1C. The van der Waals surface area contributed by atoms with Crippen molar-refractivity contribution < 1.29 is 32.8 Å². The number of fused-ring (bicyclic) bond motifs is 5. The summed E-state index contributed by atoms with van der Waals surface area (Å²) in [7, 11) is 1.55. The van der Waals surface area contributed by atoms with Crippen LogP contribution in [0.4, 0.5) is 0 Å². The minimum Gasteiger partial charge on any atom is -0.493 e. The molecule has 0 saturated heterocycles. The molecular formula is C28H35N5O7. The number of hydrogen-bond donors (Lipinski definition) is 2. The molecule has 1 aromatic carbocycles. The van der Waals surface area contributed by atoms with Crippen LogP contribution in [0.25, 0.3) is 11.5 Å². The molecule has 2 N–H and O–H groups in total. The highest BCUT2D eigenvalue weighted by Gasteiger charge is 2.29. The minimum absolute atomic E-state index is 0.115. The van der Waals surface area contributed by atoms with Gasteiger partial charge in [-0.15, -0.1) is 0 Å². The van der Waals surface area contributed by atoms with Crippen LogP contribution in [0.1, 0.15) is 53.5 Å². The van der Waals surface area contributed by atoms with Crippen LogP contribution in [0.5, 0.6) is 11.5 Å². The lowest BCUT2D eigenvalue weighted by molar-refractivity contribution is -0.130. The lowest BCUT2D eigenvalue weighted by Crippen LogP contribution is -2.52. The molecule has 12 heteroatoms. The summed E-state index contributed by atoms with van der Waals surface area (Å²) < 4.78 is 22.5. The third-order valence-electron chi connectivity index (χ3n) is 6.70. The standard InChI is InChI=1S/C28H35N5O7/c1-15(2)25-26(35)29-13-20-17(4)39-27(30-20)19-8-9-21(37-6)22(12-19)38-11-7-10-33(14-23(34)31-25)28(36)24-16(3)32-40-18(24)5/h8-9,12,15,25H,7,10-11,13-14H2,1-6H3,(H,29,35)(H,31,34)/t25-/m0/s1. The van der Waals surface area contributed by atoms with Crippen LogP contribution in [0.15, 0.2) is 27.1 Å². The smallest absolute Gasteiger partial charge is 0.259 e. The van der Waals surface area contributed by atoms with E-state index in [1.807, 2.05) is 19.9 Å². The number of carbonyl (C=O) groups is 3. The van der Waals surface area contributed by atoms with Crippen molar-refractivity contribution in [3.05, 3.63) is 46.7 Å². The van der Waals surface area contributed by atoms with E-state index in [1.54, 1.807) is 40.0 Å². The lowest BCUT2D eigenvalue weighted by atomic mass is 10.0. The number of aromatic nitrogens is 2. The van der Waals surface area contributed by atoms with Crippen LogP contribution in [0.2, 0.25) is 0 Å². The van der Waals surface area contributed by atoms with Crippen molar-refractivity contribution in [2.45, 2.75) is 53.6 Å². The maximum Gasteiger partial charge on any atom is 0.259 e. The largest absolute Gasteiger partial charge is 0.493 e. The quantitative estimate of drug-likeness (QED) is 0.499. The number of methoxy groups -OCH3 is 1. The van der Waals surface area contributed by atoms with Crippen molar-refractivity contribution in [2.75, 3.05) is 26.8 Å². The Bertz CT molecular complexity index is 1370. The van der Waals surface area contributed by atoms with Gasteiger partial charge in [0.1, 0.15) is 28.8 Å². The average Bonchev–Trinajstić information content (AvgIpc) is 3.46. The van der Waals surface area contributed by atoms with Gasteiger partial charge in [0.15, 0.2) is 11.5 Å². The van der Waals surface area contributed by atoms with Gasteiger partial charge in [-0.2, -0.15) is 0 Å². The summed E-state index contributed by atoms with van der Waals surface area (Å²) in [6, 6.07) is 4.52. The van der Waals surface area contributed by atoms with Gasteiger partial charge in [0, 0.05) is 12.1 Å². The van der Waals surface area contributed by atoms with Gasteiger partial charge < -0.3 is 33.9 Å². The second kappa shape index (κ2) is 12.2. The Morgan fingerprint density at radius 3 is 2.62 bits per heavy atom. The first-order valence-corrected chi connectivity index (χ1v) is 13.2. The second-order valence-electron chi connectivity index (χ2n) is 10.0. The fraction of sp³-hybridized carbons (Fsp3) is 0.464. The Morgan fingerprint density at radius 1 is 1.18 bits per heavy atom. The normalized spacial score (nSPS) is 17.0. The predicted molar refractivity (Wildman–Crippen MR) is 144 cm³/mol. The fourth-order valence-electron chi connectivity index (χ4n) is 4.48. The van der Waals surface area contributed by atoms with Gasteiger partial charge in [-0.3, -0.25) is 14.4 Å². The maximum absolute atomic E-state index is 13.5. The highest BCUT2D eigenvalue weighted by Crippen LogP contribution is 2.33. The van der Waals surface area contributed by atoms with E-state index in [2.05, 4.69) is 20.8 Å². The van der Waals surface area contributed by atoms with Crippen LogP contribution in [-0.2, 0) is 16.1 Å². The number of oxazole rings is 1. The van der Waals surface area contributed by atoms with Gasteiger partial charge in [0.2, 0.25) is 17.7 Å². The van der Waals surface area contributed by atoms with Gasteiger partial charge in [0.25, 0.3) is 5.91 Å². The molecule has 40 heavy (non-hydrogen) atoms. The van der Waals surface area contributed by atoms with Crippen molar-refractivity contribution >= 4 is 17.7 Å². The zero-order valence-electron chi connectivity index (χ0n) is 23.6. The first-order chi connectivity index (χ1) is 19.1. The first-order valence-electron chi connectivity index (χ1n) is 13.2. The van der Waals surface area contributed by atoms with E-state index in [-0.39, 0.29) is 44.0 Å². The number of ether oxygens (including phenoxy) is 2. The molecule has 0 aliphatic carbocycles. The van der Waals surface area contributed by atoms with Crippen LogP contribution in [0, 0.1) is 26.7 Å². The fourth-order valence-corrected chi connectivity index (χ4v) is 4.48. The number of aryl methyl sites for hydroxylation is 3. The summed E-state index contributed by atoms with van der Waals surface area (Å²) in [6.45, 7) is 9.06. The van der Waals surface area contributed by atoms with Gasteiger partial charge in [-0.25, -0.2) is 4.98 Å². The van der Waals surface area contributed by atoms with Crippen LogP contribution >= 0.6 is 0 Å². The van der Waals surface area contributed by atoms with Crippen molar-refractivity contribution in [1.82, 2.24) is 25.7 Å². The molecule has 4 rings (SSSR count). The molecule has 1 aliphatic heterocycles. The molecule has 0 radical (unpaired) electrons. The molecule has 0 saturated carbocycles. The lowest BCUT2D eigenvalue weighted by Gasteiger charge is -2.26. The molecule has 0 spiro atoms. The Kier molecular flexibility index (Phi) is 8.76. The Hall–Kier alpha value is -4.35. The molecule has 3 heterocycles. The summed E-state index contributed by atoms with van der Waals surface area (Å²) in [5.41, 5.74) is 1.99. The zero-order chi connectivity index (χ0) is 29.0. The van der Waals surface area contributed by atoms with Crippen LogP contribution in [0.3, 0.4) is 0 Å². The van der Waals surface area contributed by atoms with E-state index >= 15 is 0 Å². The van der Waals surface area contributed by atoms with E-state index in [1.165, 1.54) is 4.90 Å². The van der Waals surface area contributed by atoms with Gasteiger partial charge in [0.05, 0.1) is 32.5 Å². The molecule has 3 amide bonds. The molecule has 0 fully saturated rings. The van der Waals surface area contributed by atoms with Crippen molar-refractivity contribution in [1.29, 1.82) is 0 Å². The van der Waals surface area contributed by atoms with E-state index in [4.69, 9.17) is 18.4 Å².